The minimum absolute atomic E-state index is 0.107. The number of carbonyl (C=O) groups is 1. The Morgan fingerprint density at radius 2 is 1.79 bits per heavy atom. The van der Waals surface area contributed by atoms with Crippen LogP contribution in [-0.2, 0) is 0 Å². The second-order valence-corrected chi connectivity index (χ2v) is 8.69. The van der Waals surface area contributed by atoms with Gasteiger partial charge in [0.15, 0.2) is 0 Å². The van der Waals surface area contributed by atoms with Crippen LogP contribution in [-0.4, -0.2) is 48.5 Å². The van der Waals surface area contributed by atoms with Gasteiger partial charge in [-0.2, -0.15) is 0 Å². The van der Waals surface area contributed by atoms with Gasteiger partial charge in [-0.3, -0.25) is 4.79 Å². The van der Waals surface area contributed by atoms with Crippen LogP contribution in [0.5, 0.6) is 0 Å². The van der Waals surface area contributed by atoms with E-state index in [0.717, 1.165) is 35.0 Å². The summed E-state index contributed by atoms with van der Waals surface area (Å²) in [5.41, 5.74) is 1.43. The van der Waals surface area contributed by atoms with E-state index in [-0.39, 0.29) is 5.91 Å². The Bertz CT molecular complexity index is 796. The first-order valence-electron chi connectivity index (χ1n) is 10.2. The maximum absolute atomic E-state index is 12.9. The average Bonchev–Trinajstić information content (AvgIpc) is 3.23. The van der Waals surface area contributed by atoms with Crippen molar-refractivity contribution < 1.29 is 4.79 Å². The molecule has 0 saturated carbocycles. The molecule has 0 unspecified atom stereocenters. The Morgan fingerprint density at radius 3 is 2.50 bits per heavy atom. The van der Waals surface area contributed by atoms with Crippen LogP contribution >= 0.6 is 15.9 Å². The van der Waals surface area contributed by atoms with Crippen molar-refractivity contribution >= 4 is 33.3 Å². The number of halogens is 1. The summed E-state index contributed by atoms with van der Waals surface area (Å²) < 4.78 is 0.990. The first kappa shape index (κ1) is 19.4. The molecule has 1 aromatic carbocycles. The summed E-state index contributed by atoms with van der Waals surface area (Å²) in [6, 6.07) is 11.3. The fourth-order valence-corrected chi connectivity index (χ4v) is 4.48. The minimum Gasteiger partial charge on any atom is -0.356 e. The van der Waals surface area contributed by atoms with Crippen LogP contribution in [0.2, 0.25) is 0 Å². The van der Waals surface area contributed by atoms with Crippen molar-refractivity contribution in [2.24, 2.45) is 5.92 Å². The van der Waals surface area contributed by atoms with Gasteiger partial charge in [-0.25, -0.2) is 4.98 Å². The van der Waals surface area contributed by atoms with E-state index >= 15 is 0 Å². The molecule has 2 aliphatic heterocycles. The molecule has 2 saturated heterocycles. The number of amides is 1. The van der Waals surface area contributed by atoms with Crippen molar-refractivity contribution in [3.05, 3.63) is 52.6 Å². The number of nitrogens with one attached hydrogen (secondary N) is 1. The molecule has 3 heterocycles. The predicted octanol–water partition coefficient (Wildman–Crippen LogP) is 4.41. The Labute approximate surface area is 175 Å². The smallest absolute Gasteiger partial charge is 0.259 e. The first-order valence-corrected chi connectivity index (χ1v) is 11.0. The molecule has 2 aromatic rings. The molecule has 28 heavy (non-hydrogen) atoms. The number of likely N-dealkylation sites (tertiary alicyclic amines) is 1. The number of pyridine rings is 1. The van der Waals surface area contributed by atoms with E-state index in [9.17, 15) is 4.79 Å². The summed E-state index contributed by atoms with van der Waals surface area (Å²) in [5, 5.41) is 2.99. The molecule has 0 spiro atoms. The summed E-state index contributed by atoms with van der Waals surface area (Å²) in [4.78, 5) is 22.3. The van der Waals surface area contributed by atoms with Crippen LogP contribution in [0.3, 0.4) is 0 Å². The minimum atomic E-state index is -0.107. The van der Waals surface area contributed by atoms with Crippen LogP contribution in [0.15, 0.2) is 47.1 Å². The molecule has 2 fully saturated rings. The lowest BCUT2D eigenvalue weighted by atomic mass is 9.96. The highest BCUT2D eigenvalue weighted by molar-refractivity contribution is 9.10. The van der Waals surface area contributed by atoms with Gasteiger partial charge in [-0.15, -0.1) is 0 Å². The Balaban J connectivity index is 1.40. The quantitative estimate of drug-likeness (QED) is 0.744. The van der Waals surface area contributed by atoms with E-state index < -0.39 is 0 Å². The maximum atomic E-state index is 12.9. The largest absolute Gasteiger partial charge is 0.356 e. The zero-order valence-corrected chi connectivity index (χ0v) is 17.7. The topological polar surface area (TPSA) is 48.5 Å². The Kier molecular flexibility index (Phi) is 6.27. The third-order valence-corrected chi connectivity index (χ3v) is 6.29. The highest BCUT2D eigenvalue weighted by Gasteiger charge is 2.25. The van der Waals surface area contributed by atoms with Gasteiger partial charge in [-0.1, -0.05) is 15.9 Å². The summed E-state index contributed by atoms with van der Waals surface area (Å²) in [6.07, 6.45) is 6.82. The number of rotatable bonds is 5. The number of carbonyl (C=O) groups excluding carboxylic acids is 1. The molecule has 0 aliphatic carbocycles. The summed E-state index contributed by atoms with van der Waals surface area (Å²) >= 11 is 3.42. The maximum Gasteiger partial charge on any atom is 0.259 e. The number of piperidine rings is 1. The van der Waals surface area contributed by atoms with Gasteiger partial charge >= 0.3 is 0 Å². The molecule has 0 bridgehead atoms. The molecule has 148 valence electrons. The van der Waals surface area contributed by atoms with Gasteiger partial charge in [0.1, 0.15) is 5.82 Å². The molecule has 6 heteroatoms. The monoisotopic (exact) mass is 442 g/mol. The molecule has 0 atom stereocenters. The second kappa shape index (κ2) is 9.05. The number of benzene rings is 1. The van der Waals surface area contributed by atoms with Gasteiger partial charge in [-0.05, 0) is 81.1 Å². The van der Waals surface area contributed by atoms with Gasteiger partial charge in [0.2, 0.25) is 0 Å². The molecule has 1 N–H and O–H groups in total. The van der Waals surface area contributed by atoms with Gasteiger partial charge in [0.05, 0.1) is 5.56 Å². The second-order valence-electron chi connectivity index (χ2n) is 7.77. The van der Waals surface area contributed by atoms with E-state index in [2.05, 4.69) is 36.0 Å². The number of anilines is 2. The first-order chi connectivity index (χ1) is 13.7. The third-order valence-electron chi connectivity index (χ3n) is 5.76. The van der Waals surface area contributed by atoms with Crippen LogP contribution in [0.1, 0.15) is 36.0 Å². The lowest BCUT2D eigenvalue weighted by Crippen LogP contribution is -2.39. The molecule has 1 amide bonds. The Morgan fingerprint density at radius 1 is 1.07 bits per heavy atom. The zero-order chi connectivity index (χ0) is 19.3. The number of aromatic nitrogens is 1. The van der Waals surface area contributed by atoms with Gasteiger partial charge in [0, 0.05) is 36.0 Å². The normalized spacial score (nSPS) is 18.4. The number of nitrogens with zero attached hydrogens (tertiary/aromatic N) is 3. The summed E-state index contributed by atoms with van der Waals surface area (Å²) in [7, 11) is 0. The summed E-state index contributed by atoms with van der Waals surface area (Å²) in [6.45, 7) is 5.69. The van der Waals surface area contributed by atoms with Crippen LogP contribution in [0.25, 0.3) is 0 Å². The lowest BCUT2D eigenvalue weighted by Gasteiger charge is -2.35. The van der Waals surface area contributed by atoms with Crippen LogP contribution in [0.4, 0.5) is 11.5 Å². The van der Waals surface area contributed by atoms with Crippen molar-refractivity contribution in [2.75, 3.05) is 42.9 Å². The van der Waals surface area contributed by atoms with Crippen molar-refractivity contribution in [2.45, 2.75) is 25.7 Å². The fraction of sp³-hybridized carbons (Fsp3) is 0.455. The number of hydrogen-bond acceptors (Lipinski definition) is 4. The predicted molar refractivity (Wildman–Crippen MR) is 117 cm³/mol. The van der Waals surface area contributed by atoms with E-state index in [4.69, 9.17) is 0 Å². The van der Waals surface area contributed by atoms with Crippen molar-refractivity contribution in [1.29, 1.82) is 0 Å². The van der Waals surface area contributed by atoms with E-state index in [0.29, 0.717) is 5.56 Å². The molecular formula is C22H27BrN4O. The lowest BCUT2D eigenvalue weighted by molar-refractivity contribution is 0.102. The highest BCUT2D eigenvalue weighted by atomic mass is 79.9. The SMILES string of the molecule is O=C(Nc1ccc(Br)cc1)c1cccnc1N1CCC(CN2CCCC2)CC1. The van der Waals surface area contributed by atoms with E-state index in [1.165, 1.54) is 45.3 Å². The standard InChI is InChI=1S/C22H27BrN4O/c23-18-5-7-19(8-6-18)25-22(28)20-4-3-11-24-21(20)27-14-9-17(10-15-27)16-26-12-1-2-13-26/h3-8,11,17H,1-2,9-10,12-16H2,(H,25,28). The van der Waals surface area contributed by atoms with Crippen LogP contribution < -0.4 is 10.2 Å². The Hall–Kier alpha value is -1.92. The van der Waals surface area contributed by atoms with E-state index in [1.54, 1.807) is 6.20 Å². The third kappa shape index (κ3) is 4.73. The van der Waals surface area contributed by atoms with Gasteiger partial charge < -0.3 is 15.1 Å². The molecule has 5 nitrogen and oxygen atoms in total. The van der Waals surface area contributed by atoms with Gasteiger partial charge in [0.25, 0.3) is 5.91 Å². The van der Waals surface area contributed by atoms with Crippen molar-refractivity contribution in [3.8, 4) is 0 Å². The highest BCUT2D eigenvalue weighted by Crippen LogP contribution is 2.26. The van der Waals surface area contributed by atoms with Crippen LogP contribution in [0, 0.1) is 5.92 Å². The van der Waals surface area contributed by atoms with Crippen molar-refractivity contribution in [1.82, 2.24) is 9.88 Å². The zero-order valence-electron chi connectivity index (χ0n) is 16.1. The molecular weight excluding hydrogens is 416 g/mol. The van der Waals surface area contributed by atoms with E-state index in [1.807, 2.05) is 36.4 Å². The fourth-order valence-electron chi connectivity index (χ4n) is 4.22. The average molecular weight is 443 g/mol. The number of hydrogen-bond donors (Lipinski definition) is 1. The molecule has 2 aliphatic rings. The molecule has 0 radical (unpaired) electrons. The molecule has 4 rings (SSSR count). The summed E-state index contributed by atoms with van der Waals surface area (Å²) in [5.74, 6) is 1.46. The van der Waals surface area contributed by atoms with Crippen molar-refractivity contribution in [3.63, 3.8) is 0 Å². The molecule has 1 aromatic heterocycles.